The maximum atomic E-state index is 14.5. The Hall–Kier alpha value is -2.13. The van der Waals surface area contributed by atoms with Crippen molar-refractivity contribution in [1.82, 2.24) is 0 Å². The van der Waals surface area contributed by atoms with E-state index in [1.807, 2.05) is 55.5 Å². The maximum absolute atomic E-state index is 14.5. The van der Waals surface area contributed by atoms with Crippen molar-refractivity contribution in [2.75, 3.05) is 0 Å². The molecule has 0 spiro atoms. The summed E-state index contributed by atoms with van der Waals surface area (Å²) in [5.41, 5.74) is 2.55. The van der Waals surface area contributed by atoms with Crippen molar-refractivity contribution in [1.29, 1.82) is 0 Å². The largest absolute Gasteiger partial charge is 0.490 e. The number of thiophene rings is 1. The van der Waals surface area contributed by atoms with Crippen molar-refractivity contribution >= 4 is 11.3 Å². The van der Waals surface area contributed by atoms with Crippen molar-refractivity contribution in [2.45, 2.75) is 25.9 Å². The first-order valence-corrected chi connectivity index (χ1v) is 8.64. The van der Waals surface area contributed by atoms with Crippen LogP contribution in [-0.4, -0.2) is 6.10 Å². The monoisotopic (exact) mass is 324 g/mol. The fraction of sp³-hybridized carbons (Fsp3) is 0.200. The molecule has 23 heavy (non-hydrogen) atoms. The molecule has 0 radical (unpaired) electrons. The highest BCUT2D eigenvalue weighted by Crippen LogP contribution is 2.33. The van der Waals surface area contributed by atoms with E-state index in [0.29, 0.717) is 11.7 Å². The normalized spacial score (nSPS) is 14.0. The van der Waals surface area contributed by atoms with Gasteiger partial charge in [0.25, 0.3) is 0 Å². The van der Waals surface area contributed by atoms with Crippen molar-refractivity contribution in [3.05, 3.63) is 65.3 Å². The zero-order chi connectivity index (χ0) is 15.8. The van der Waals surface area contributed by atoms with Gasteiger partial charge < -0.3 is 4.74 Å². The van der Waals surface area contributed by atoms with Gasteiger partial charge in [0.1, 0.15) is 11.6 Å². The van der Waals surface area contributed by atoms with Crippen molar-refractivity contribution in [3.8, 4) is 27.3 Å². The van der Waals surface area contributed by atoms with E-state index in [1.54, 1.807) is 17.4 Å². The number of hydrogen-bond donors (Lipinski definition) is 0. The predicted molar refractivity (Wildman–Crippen MR) is 93.5 cm³/mol. The van der Waals surface area contributed by atoms with Gasteiger partial charge >= 0.3 is 0 Å². The second-order valence-electron chi connectivity index (χ2n) is 5.95. The van der Waals surface area contributed by atoms with Gasteiger partial charge in [0.05, 0.1) is 6.10 Å². The van der Waals surface area contributed by atoms with E-state index in [9.17, 15) is 4.39 Å². The Labute approximate surface area is 139 Å². The van der Waals surface area contributed by atoms with E-state index in [0.717, 1.165) is 34.6 Å². The standard InChI is InChI=1S/C20H17FOS/c1-13-2-11-20(23-13)18-10-5-15(12-19(18)21)14-3-6-16(7-4-14)22-17-8-9-17/h2-7,10-12,17H,8-9H2,1H3. The minimum Gasteiger partial charge on any atom is -0.490 e. The fourth-order valence-corrected chi connectivity index (χ4v) is 3.47. The quantitative estimate of drug-likeness (QED) is 0.566. The Morgan fingerprint density at radius 2 is 1.70 bits per heavy atom. The van der Waals surface area contributed by atoms with Crippen LogP contribution in [0.2, 0.25) is 0 Å². The number of rotatable bonds is 4. The summed E-state index contributed by atoms with van der Waals surface area (Å²) in [6.45, 7) is 2.03. The Balaban J connectivity index is 1.60. The first kappa shape index (κ1) is 14.5. The van der Waals surface area contributed by atoms with Crippen LogP contribution >= 0.6 is 11.3 Å². The lowest BCUT2D eigenvalue weighted by Gasteiger charge is -2.08. The number of halogens is 1. The summed E-state index contributed by atoms with van der Waals surface area (Å²) < 4.78 is 20.2. The Morgan fingerprint density at radius 1 is 0.957 bits per heavy atom. The second kappa shape index (κ2) is 5.82. The number of hydrogen-bond acceptors (Lipinski definition) is 2. The molecule has 0 N–H and O–H groups in total. The third-order valence-electron chi connectivity index (χ3n) is 3.99. The fourth-order valence-electron chi connectivity index (χ4n) is 2.58. The van der Waals surface area contributed by atoms with E-state index in [4.69, 9.17) is 4.74 Å². The van der Waals surface area contributed by atoms with E-state index in [1.165, 1.54) is 4.88 Å². The Morgan fingerprint density at radius 3 is 2.30 bits per heavy atom. The summed E-state index contributed by atoms with van der Waals surface area (Å²) in [6, 6.07) is 17.3. The first-order chi connectivity index (χ1) is 11.2. The first-order valence-electron chi connectivity index (χ1n) is 7.82. The van der Waals surface area contributed by atoms with Gasteiger partial charge in [-0.25, -0.2) is 4.39 Å². The molecular weight excluding hydrogens is 307 g/mol. The molecular formula is C20H17FOS. The molecule has 0 bridgehead atoms. The third-order valence-corrected chi connectivity index (χ3v) is 5.02. The molecule has 1 aromatic heterocycles. The molecule has 1 saturated carbocycles. The molecule has 116 valence electrons. The summed E-state index contributed by atoms with van der Waals surface area (Å²) in [6.07, 6.45) is 2.69. The summed E-state index contributed by atoms with van der Waals surface area (Å²) in [4.78, 5) is 2.16. The van der Waals surface area contributed by atoms with Crippen LogP contribution in [-0.2, 0) is 0 Å². The molecule has 1 heterocycles. The summed E-state index contributed by atoms with van der Waals surface area (Å²) in [5, 5.41) is 0. The third kappa shape index (κ3) is 3.15. The number of aryl methyl sites for hydroxylation is 1. The lowest BCUT2D eigenvalue weighted by atomic mass is 10.0. The van der Waals surface area contributed by atoms with Crippen molar-refractivity contribution < 1.29 is 9.13 Å². The molecule has 1 aliphatic rings. The van der Waals surface area contributed by atoms with Crippen LogP contribution in [0.5, 0.6) is 5.75 Å². The minimum atomic E-state index is -0.178. The molecule has 1 nitrogen and oxygen atoms in total. The molecule has 1 aliphatic carbocycles. The lowest BCUT2D eigenvalue weighted by Crippen LogP contribution is -1.95. The molecule has 1 fully saturated rings. The second-order valence-corrected chi connectivity index (χ2v) is 7.23. The van der Waals surface area contributed by atoms with Crippen LogP contribution in [0.1, 0.15) is 17.7 Å². The molecule has 0 saturated heterocycles. The van der Waals surface area contributed by atoms with Gasteiger partial charge in [-0.2, -0.15) is 0 Å². The average molecular weight is 324 g/mol. The zero-order valence-corrected chi connectivity index (χ0v) is 13.7. The molecule has 3 aromatic rings. The van der Waals surface area contributed by atoms with Crippen molar-refractivity contribution in [2.24, 2.45) is 0 Å². The minimum absolute atomic E-state index is 0.178. The highest BCUT2D eigenvalue weighted by Gasteiger charge is 2.23. The van der Waals surface area contributed by atoms with Gasteiger partial charge in [-0.15, -0.1) is 11.3 Å². The van der Waals surface area contributed by atoms with E-state index in [2.05, 4.69) is 0 Å². The van der Waals surface area contributed by atoms with Crippen molar-refractivity contribution in [3.63, 3.8) is 0 Å². The lowest BCUT2D eigenvalue weighted by molar-refractivity contribution is 0.303. The van der Waals surface area contributed by atoms with Gasteiger partial charge in [0.15, 0.2) is 0 Å². The van der Waals surface area contributed by atoms with Gasteiger partial charge in [0.2, 0.25) is 0 Å². The number of benzene rings is 2. The smallest absolute Gasteiger partial charge is 0.132 e. The van der Waals surface area contributed by atoms with E-state index >= 15 is 0 Å². The molecule has 0 amide bonds. The van der Waals surface area contributed by atoms with Crippen LogP contribution in [0.3, 0.4) is 0 Å². The van der Waals surface area contributed by atoms with Crippen LogP contribution < -0.4 is 4.74 Å². The summed E-state index contributed by atoms with van der Waals surface area (Å²) >= 11 is 1.61. The van der Waals surface area contributed by atoms with Crippen LogP contribution in [0.15, 0.2) is 54.6 Å². The summed E-state index contributed by atoms with van der Waals surface area (Å²) in [5.74, 6) is 0.713. The molecule has 0 atom stereocenters. The van der Waals surface area contributed by atoms with Gasteiger partial charge in [-0.1, -0.05) is 18.2 Å². The molecule has 3 heteroatoms. The SMILES string of the molecule is Cc1ccc(-c2ccc(-c3ccc(OC4CC4)cc3)cc2F)s1. The van der Waals surface area contributed by atoms with Crippen LogP contribution in [0, 0.1) is 12.7 Å². The Kier molecular flexibility index (Phi) is 3.66. The zero-order valence-electron chi connectivity index (χ0n) is 12.9. The van der Waals surface area contributed by atoms with Gasteiger partial charge in [-0.05, 0) is 67.3 Å². The molecule has 4 rings (SSSR count). The van der Waals surface area contributed by atoms with E-state index < -0.39 is 0 Å². The highest BCUT2D eigenvalue weighted by molar-refractivity contribution is 7.15. The predicted octanol–water partition coefficient (Wildman–Crippen LogP) is 6.07. The highest BCUT2D eigenvalue weighted by atomic mass is 32.1. The van der Waals surface area contributed by atoms with Crippen LogP contribution in [0.4, 0.5) is 4.39 Å². The van der Waals surface area contributed by atoms with Gasteiger partial charge in [-0.3, -0.25) is 0 Å². The Bertz CT molecular complexity index is 831. The average Bonchev–Trinajstić information content (AvgIpc) is 3.26. The molecule has 0 unspecified atom stereocenters. The maximum Gasteiger partial charge on any atom is 0.132 e. The number of ether oxygens (including phenoxy) is 1. The van der Waals surface area contributed by atoms with Crippen LogP contribution in [0.25, 0.3) is 21.6 Å². The molecule has 2 aromatic carbocycles. The topological polar surface area (TPSA) is 9.23 Å². The summed E-state index contributed by atoms with van der Waals surface area (Å²) in [7, 11) is 0. The van der Waals surface area contributed by atoms with Gasteiger partial charge in [0, 0.05) is 15.3 Å². The molecule has 0 aliphatic heterocycles. The van der Waals surface area contributed by atoms with E-state index in [-0.39, 0.29) is 5.82 Å².